The lowest BCUT2D eigenvalue weighted by atomic mass is 10.0. The van der Waals surface area contributed by atoms with Crippen LogP contribution >= 0.6 is 24.0 Å². The lowest BCUT2D eigenvalue weighted by Gasteiger charge is -2.34. The molecule has 0 radical (unpaired) electrons. The number of halogens is 2. The first kappa shape index (κ1) is 20.4. The van der Waals surface area contributed by atoms with E-state index in [9.17, 15) is 4.39 Å². The van der Waals surface area contributed by atoms with Crippen LogP contribution in [0.15, 0.2) is 33.8 Å². The molecule has 0 saturated carbocycles. The van der Waals surface area contributed by atoms with Crippen LogP contribution in [0.4, 0.5) is 10.1 Å². The molecule has 1 saturated heterocycles. The van der Waals surface area contributed by atoms with Gasteiger partial charge in [0.25, 0.3) is 0 Å². The number of hydrogen-bond donors (Lipinski definition) is 2. The molecule has 2 aromatic rings. The van der Waals surface area contributed by atoms with Crippen molar-refractivity contribution < 1.29 is 8.91 Å². The number of piperidine rings is 1. The number of nitrogens with one attached hydrogen (secondary N) is 2. The number of aliphatic imine (C=N–C) groups is 1. The van der Waals surface area contributed by atoms with Crippen molar-refractivity contribution in [2.75, 3.05) is 25.0 Å². The maximum absolute atomic E-state index is 13.4. The van der Waals surface area contributed by atoms with Gasteiger partial charge in [-0.3, -0.25) is 4.99 Å². The van der Waals surface area contributed by atoms with Crippen molar-refractivity contribution >= 4 is 35.6 Å². The summed E-state index contributed by atoms with van der Waals surface area (Å²) in [6.07, 6.45) is 1.91. The average Bonchev–Trinajstić information content (AvgIpc) is 3.04. The minimum atomic E-state index is -0.195. The molecule has 0 atom stereocenters. The molecule has 1 aliphatic rings. The lowest BCUT2D eigenvalue weighted by molar-refractivity contribution is 0.386. The summed E-state index contributed by atoms with van der Waals surface area (Å²) < 4.78 is 18.3. The predicted octanol–water partition coefficient (Wildman–Crippen LogP) is 2.47. The van der Waals surface area contributed by atoms with Crippen molar-refractivity contribution in [3.8, 4) is 0 Å². The number of aryl methyl sites for hydroxylation is 1. The first-order valence-corrected chi connectivity index (χ1v) is 8.41. The third kappa shape index (κ3) is 5.55. The standard InChI is InChI=1S/C17H23FN6O.HI/c1-12-21-16(23-25-12)11-20-17(19-2)22-14-6-8-24(9-7-14)15-5-3-4-13(18)10-15;/h3-5,10,14H,6-9,11H2,1-2H3,(H2,19,20,22);1H. The van der Waals surface area contributed by atoms with Crippen LogP contribution in [-0.2, 0) is 6.54 Å². The van der Waals surface area contributed by atoms with Crippen LogP contribution in [0.1, 0.15) is 24.6 Å². The molecule has 142 valence electrons. The maximum atomic E-state index is 13.4. The molecule has 9 heteroatoms. The van der Waals surface area contributed by atoms with Gasteiger partial charge >= 0.3 is 0 Å². The number of rotatable bonds is 4. The highest BCUT2D eigenvalue weighted by atomic mass is 127. The van der Waals surface area contributed by atoms with E-state index in [1.54, 1.807) is 26.1 Å². The van der Waals surface area contributed by atoms with E-state index >= 15 is 0 Å². The number of guanidine groups is 1. The van der Waals surface area contributed by atoms with Crippen LogP contribution in [0.3, 0.4) is 0 Å². The minimum Gasteiger partial charge on any atom is -0.371 e. The highest BCUT2D eigenvalue weighted by Crippen LogP contribution is 2.20. The van der Waals surface area contributed by atoms with Gasteiger partial charge in [-0.2, -0.15) is 4.98 Å². The van der Waals surface area contributed by atoms with Crippen LogP contribution in [0.25, 0.3) is 0 Å². The van der Waals surface area contributed by atoms with E-state index in [2.05, 4.69) is 30.7 Å². The molecule has 1 aromatic carbocycles. The molecule has 0 aliphatic carbocycles. The van der Waals surface area contributed by atoms with Gasteiger partial charge in [0, 0.05) is 38.8 Å². The second kappa shape index (κ2) is 9.70. The molecule has 0 unspecified atom stereocenters. The summed E-state index contributed by atoms with van der Waals surface area (Å²) in [6, 6.07) is 7.08. The van der Waals surface area contributed by atoms with E-state index in [-0.39, 0.29) is 29.8 Å². The molecule has 2 N–H and O–H groups in total. The zero-order valence-corrected chi connectivity index (χ0v) is 17.2. The Hall–Kier alpha value is -1.91. The Morgan fingerprint density at radius 3 is 2.77 bits per heavy atom. The van der Waals surface area contributed by atoms with Gasteiger partial charge in [-0.15, -0.1) is 24.0 Å². The van der Waals surface area contributed by atoms with Gasteiger partial charge in [0.15, 0.2) is 11.8 Å². The number of benzene rings is 1. The molecule has 1 aliphatic heterocycles. The Morgan fingerprint density at radius 1 is 1.38 bits per heavy atom. The van der Waals surface area contributed by atoms with Crippen molar-refractivity contribution in [2.45, 2.75) is 32.4 Å². The summed E-state index contributed by atoms with van der Waals surface area (Å²) in [5.74, 6) is 1.66. The van der Waals surface area contributed by atoms with Gasteiger partial charge in [-0.05, 0) is 31.0 Å². The third-order valence-electron chi connectivity index (χ3n) is 4.22. The number of aromatic nitrogens is 2. The molecule has 2 heterocycles. The largest absolute Gasteiger partial charge is 0.371 e. The Labute approximate surface area is 169 Å². The molecule has 0 bridgehead atoms. The van der Waals surface area contributed by atoms with Crippen LogP contribution < -0.4 is 15.5 Å². The Kier molecular flexibility index (Phi) is 7.61. The van der Waals surface area contributed by atoms with E-state index < -0.39 is 0 Å². The van der Waals surface area contributed by atoms with Gasteiger partial charge < -0.3 is 20.1 Å². The van der Waals surface area contributed by atoms with E-state index in [0.717, 1.165) is 31.6 Å². The highest BCUT2D eigenvalue weighted by Gasteiger charge is 2.20. The van der Waals surface area contributed by atoms with E-state index in [4.69, 9.17) is 4.52 Å². The topological polar surface area (TPSA) is 78.6 Å². The van der Waals surface area contributed by atoms with Crippen molar-refractivity contribution in [2.24, 2.45) is 4.99 Å². The zero-order chi connectivity index (χ0) is 17.6. The third-order valence-corrected chi connectivity index (χ3v) is 4.22. The van der Waals surface area contributed by atoms with Crippen molar-refractivity contribution in [3.05, 3.63) is 41.8 Å². The fraction of sp³-hybridized carbons (Fsp3) is 0.471. The second-order valence-electron chi connectivity index (χ2n) is 6.04. The predicted molar refractivity (Wildman–Crippen MR) is 109 cm³/mol. The fourth-order valence-electron chi connectivity index (χ4n) is 2.92. The highest BCUT2D eigenvalue weighted by molar-refractivity contribution is 14.0. The summed E-state index contributed by atoms with van der Waals surface area (Å²) >= 11 is 0. The quantitative estimate of drug-likeness (QED) is 0.403. The molecular weight excluding hydrogens is 450 g/mol. The van der Waals surface area contributed by atoms with Crippen LogP contribution in [-0.4, -0.2) is 42.3 Å². The Morgan fingerprint density at radius 2 is 2.15 bits per heavy atom. The molecular formula is C17H24FIN6O. The van der Waals surface area contributed by atoms with Gasteiger partial charge in [0.2, 0.25) is 5.89 Å². The Bertz CT molecular complexity index is 730. The van der Waals surface area contributed by atoms with Crippen molar-refractivity contribution in [1.82, 2.24) is 20.8 Å². The van der Waals surface area contributed by atoms with Crippen molar-refractivity contribution in [1.29, 1.82) is 0 Å². The molecule has 0 amide bonds. The van der Waals surface area contributed by atoms with E-state index in [0.29, 0.717) is 30.3 Å². The summed E-state index contributed by atoms with van der Waals surface area (Å²) in [5, 5.41) is 10.5. The van der Waals surface area contributed by atoms with Crippen molar-refractivity contribution in [3.63, 3.8) is 0 Å². The van der Waals surface area contributed by atoms with Crippen LogP contribution in [0, 0.1) is 12.7 Å². The zero-order valence-electron chi connectivity index (χ0n) is 14.9. The SMILES string of the molecule is CN=C(NCc1noc(C)n1)NC1CCN(c2cccc(F)c2)CC1.I. The number of nitrogens with zero attached hydrogens (tertiary/aromatic N) is 4. The summed E-state index contributed by atoms with van der Waals surface area (Å²) in [6.45, 7) is 3.97. The first-order valence-electron chi connectivity index (χ1n) is 8.41. The van der Waals surface area contributed by atoms with Gasteiger partial charge in [0.05, 0.1) is 6.54 Å². The number of hydrogen-bond acceptors (Lipinski definition) is 5. The smallest absolute Gasteiger partial charge is 0.223 e. The monoisotopic (exact) mass is 474 g/mol. The summed E-state index contributed by atoms with van der Waals surface area (Å²) in [4.78, 5) is 10.6. The van der Waals surface area contributed by atoms with Crippen LogP contribution in [0.5, 0.6) is 0 Å². The molecule has 7 nitrogen and oxygen atoms in total. The molecule has 0 spiro atoms. The number of anilines is 1. The second-order valence-corrected chi connectivity index (χ2v) is 6.04. The summed E-state index contributed by atoms with van der Waals surface area (Å²) in [5.41, 5.74) is 0.938. The van der Waals surface area contributed by atoms with E-state index in [1.807, 2.05) is 6.07 Å². The summed E-state index contributed by atoms with van der Waals surface area (Å²) in [7, 11) is 1.73. The minimum absolute atomic E-state index is 0. The van der Waals surface area contributed by atoms with Gasteiger partial charge in [-0.25, -0.2) is 4.39 Å². The molecule has 1 aromatic heterocycles. The Balaban J connectivity index is 0.00000243. The van der Waals surface area contributed by atoms with Crippen LogP contribution in [0.2, 0.25) is 0 Å². The molecule has 3 rings (SSSR count). The molecule has 1 fully saturated rings. The fourth-order valence-corrected chi connectivity index (χ4v) is 2.92. The van der Waals surface area contributed by atoms with E-state index in [1.165, 1.54) is 6.07 Å². The average molecular weight is 474 g/mol. The molecule has 26 heavy (non-hydrogen) atoms. The maximum Gasteiger partial charge on any atom is 0.223 e. The normalized spacial score (nSPS) is 15.5. The van der Waals surface area contributed by atoms with Gasteiger partial charge in [-0.1, -0.05) is 11.2 Å². The van der Waals surface area contributed by atoms with Gasteiger partial charge in [0.1, 0.15) is 5.82 Å². The first-order chi connectivity index (χ1) is 12.1. The lowest BCUT2D eigenvalue weighted by Crippen LogP contribution is -2.48.